The number of benzene rings is 1. The number of nitrogens with two attached hydrogens (primary N) is 1. The van der Waals surface area contributed by atoms with Gasteiger partial charge < -0.3 is 15.2 Å². The molecule has 1 heterocycles. The molecule has 0 fully saturated rings. The van der Waals surface area contributed by atoms with Crippen LogP contribution in [0.25, 0.3) is 0 Å². The van der Waals surface area contributed by atoms with Crippen LogP contribution in [0.15, 0.2) is 10.5 Å². The van der Waals surface area contributed by atoms with Crippen molar-refractivity contribution in [2.24, 2.45) is 5.73 Å². The predicted molar refractivity (Wildman–Crippen MR) is 85.8 cm³/mol. The summed E-state index contributed by atoms with van der Waals surface area (Å²) in [4.78, 5) is 0. The van der Waals surface area contributed by atoms with Gasteiger partial charge in [-0.3, -0.25) is 0 Å². The second-order valence-corrected chi connectivity index (χ2v) is 6.38. The van der Waals surface area contributed by atoms with Crippen molar-refractivity contribution in [2.45, 2.75) is 45.4 Å². The third-order valence-electron chi connectivity index (χ3n) is 3.59. The fourth-order valence-electron chi connectivity index (χ4n) is 2.65. The summed E-state index contributed by atoms with van der Waals surface area (Å²) < 4.78 is 12.9. The third kappa shape index (κ3) is 3.47. The average molecular weight is 342 g/mol. The predicted octanol–water partition coefficient (Wildman–Crippen LogP) is 4.02. The number of fused-ring (bicyclic) bond motifs is 1. The summed E-state index contributed by atoms with van der Waals surface area (Å²) in [5, 5.41) is 0. The first-order valence-electron chi connectivity index (χ1n) is 7.46. The van der Waals surface area contributed by atoms with E-state index in [2.05, 4.69) is 35.8 Å². The zero-order valence-corrected chi connectivity index (χ0v) is 14.0. The number of rotatable bonds is 5. The van der Waals surface area contributed by atoms with Gasteiger partial charge in [0.2, 0.25) is 0 Å². The molecule has 20 heavy (non-hydrogen) atoms. The van der Waals surface area contributed by atoms with E-state index in [-0.39, 0.29) is 0 Å². The van der Waals surface area contributed by atoms with Gasteiger partial charge in [0.25, 0.3) is 0 Å². The summed E-state index contributed by atoms with van der Waals surface area (Å²) in [7, 11) is 0. The Labute approximate surface area is 130 Å². The van der Waals surface area contributed by atoms with Crippen LogP contribution in [0.4, 0.5) is 0 Å². The molecule has 1 aliphatic rings. The lowest BCUT2D eigenvalue weighted by molar-refractivity contribution is 0.295. The van der Waals surface area contributed by atoms with Gasteiger partial charge in [0.15, 0.2) is 11.5 Å². The zero-order chi connectivity index (χ0) is 14.5. The van der Waals surface area contributed by atoms with E-state index in [1.165, 1.54) is 11.1 Å². The monoisotopic (exact) mass is 341 g/mol. The van der Waals surface area contributed by atoms with E-state index in [0.29, 0.717) is 5.92 Å². The van der Waals surface area contributed by atoms with Crippen molar-refractivity contribution in [3.63, 3.8) is 0 Å². The smallest absolute Gasteiger partial charge is 0.164 e. The maximum atomic E-state index is 5.97. The second-order valence-electron chi connectivity index (χ2n) is 5.53. The van der Waals surface area contributed by atoms with Gasteiger partial charge in [-0.05, 0) is 43.4 Å². The molecule has 0 amide bonds. The van der Waals surface area contributed by atoms with Gasteiger partial charge >= 0.3 is 0 Å². The molecule has 0 saturated carbocycles. The topological polar surface area (TPSA) is 44.5 Å². The van der Waals surface area contributed by atoms with E-state index in [4.69, 9.17) is 15.2 Å². The molecule has 1 aromatic carbocycles. The van der Waals surface area contributed by atoms with Crippen LogP contribution < -0.4 is 15.2 Å². The Bertz CT molecular complexity index is 460. The first-order valence-corrected chi connectivity index (χ1v) is 8.25. The number of hydrogen-bond acceptors (Lipinski definition) is 3. The Kier molecular flexibility index (Phi) is 5.73. The molecule has 112 valence electrons. The SMILES string of the molecule is CC(C)c1c(CCCCN)c(Br)cc2c1OCCCO2. The molecule has 0 aromatic heterocycles. The average Bonchev–Trinajstić information content (AvgIpc) is 2.63. The van der Waals surface area contributed by atoms with E-state index in [1.54, 1.807) is 0 Å². The highest BCUT2D eigenvalue weighted by Crippen LogP contribution is 2.43. The maximum absolute atomic E-state index is 5.97. The third-order valence-corrected chi connectivity index (χ3v) is 4.30. The van der Waals surface area contributed by atoms with Crippen LogP contribution in [0.2, 0.25) is 0 Å². The highest BCUT2D eigenvalue weighted by molar-refractivity contribution is 9.10. The number of halogens is 1. The lowest BCUT2D eigenvalue weighted by Gasteiger charge is -2.21. The fraction of sp³-hybridized carbons (Fsp3) is 0.625. The summed E-state index contributed by atoms with van der Waals surface area (Å²) in [6.45, 7) is 6.63. The standard InChI is InChI=1S/C16H24BrNO2/c1-11(2)15-12(6-3-4-7-18)13(17)10-14-16(15)20-9-5-8-19-14/h10-11H,3-9,18H2,1-2H3. The summed E-state index contributed by atoms with van der Waals surface area (Å²) in [6.07, 6.45) is 4.13. The van der Waals surface area contributed by atoms with E-state index < -0.39 is 0 Å². The van der Waals surface area contributed by atoms with Crippen LogP contribution in [0.1, 0.15) is 50.2 Å². The number of ether oxygens (including phenoxy) is 2. The number of unbranched alkanes of at least 4 members (excludes halogenated alkanes) is 1. The molecule has 2 N–H and O–H groups in total. The van der Waals surface area contributed by atoms with Crippen molar-refractivity contribution in [3.8, 4) is 11.5 Å². The summed E-state index contributed by atoms with van der Waals surface area (Å²) in [5.74, 6) is 2.24. The summed E-state index contributed by atoms with van der Waals surface area (Å²) >= 11 is 3.71. The van der Waals surface area contributed by atoms with Crippen molar-refractivity contribution in [3.05, 3.63) is 21.7 Å². The van der Waals surface area contributed by atoms with Gasteiger partial charge in [0, 0.05) is 16.5 Å². The Hall–Kier alpha value is -0.740. The van der Waals surface area contributed by atoms with E-state index in [0.717, 1.165) is 61.4 Å². The first-order chi connectivity index (χ1) is 9.65. The maximum Gasteiger partial charge on any atom is 0.164 e. The van der Waals surface area contributed by atoms with Gasteiger partial charge in [-0.15, -0.1) is 0 Å². The van der Waals surface area contributed by atoms with Crippen molar-refractivity contribution >= 4 is 15.9 Å². The molecule has 3 nitrogen and oxygen atoms in total. The molecule has 0 bridgehead atoms. The summed E-state index contributed by atoms with van der Waals surface area (Å²) in [5.41, 5.74) is 8.23. The first kappa shape index (κ1) is 15.6. The molecule has 0 unspecified atom stereocenters. The molecule has 0 radical (unpaired) electrons. The largest absolute Gasteiger partial charge is 0.490 e. The Balaban J connectivity index is 2.41. The molecular weight excluding hydrogens is 318 g/mol. The van der Waals surface area contributed by atoms with Gasteiger partial charge in [-0.2, -0.15) is 0 Å². The highest BCUT2D eigenvalue weighted by atomic mass is 79.9. The minimum absolute atomic E-state index is 0.413. The Morgan fingerprint density at radius 3 is 2.70 bits per heavy atom. The van der Waals surface area contributed by atoms with E-state index >= 15 is 0 Å². The Morgan fingerprint density at radius 2 is 2.00 bits per heavy atom. The van der Waals surface area contributed by atoms with Crippen LogP contribution in [0.5, 0.6) is 11.5 Å². The molecule has 0 atom stereocenters. The minimum Gasteiger partial charge on any atom is -0.490 e. The summed E-state index contributed by atoms with van der Waals surface area (Å²) in [6, 6.07) is 2.06. The van der Waals surface area contributed by atoms with E-state index in [9.17, 15) is 0 Å². The van der Waals surface area contributed by atoms with Crippen LogP contribution in [0, 0.1) is 0 Å². The van der Waals surface area contributed by atoms with Gasteiger partial charge in [0.1, 0.15) is 0 Å². The highest BCUT2D eigenvalue weighted by Gasteiger charge is 2.22. The van der Waals surface area contributed by atoms with Crippen LogP contribution in [-0.4, -0.2) is 19.8 Å². The van der Waals surface area contributed by atoms with Gasteiger partial charge in [-0.25, -0.2) is 0 Å². The molecule has 0 aliphatic carbocycles. The Morgan fingerprint density at radius 1 is 1.25 bits per heavy atom. The van der Waals surface area contributed by atoms with Crippen LogP contribution >= 0.6 is 15.9 Å². The van der Waals surface area contributed by atoms with E-state index in [1.807, 2.05) is 0 Å². The molecule has 4 heteroatoms. The second kappa shape index (κ2) is 7.32. The van der Waals surface area contributed by atoms with Crippen molar-refractivity contribution in [1.82, 2.24) is 0 Å². The lowest BCUT2D eigenvalue weighted by atomic mass is 9.92. The molecule has 1 aromatic rings. The fourth-order valence-corrected chi connectivity index (χ4v) is 3.27. The van der Waals surface area contributed by atoms with Crippen molar-refractivity contribution < 1.29 is 9.47 Å². The number of hydrogen-bond donors (Lipinski definition) is 1. The van der Waals surface area contributed by atoms with Gasteiger partial charge in [-0.1, -0.05) is 29.8 Å². The van der Waals surface area contributed by atoms with Crippen LogP contribution in [-0.2, 0) is 6.42 Å². The molecule has 0 saturated heterocycles. The zero-order valence-electron chi connectivity index (χ0n) is 12.4. The minimum atomic E-state index is 0.413. The molecule has 0 spiro atoms. The molecule has 1 aliphatic heterocycles. The van der Waals surface area contributed by atoms with Crippen molar-refractivity contribution in [1.29, 1.82) is 0 Å². The normalized spacial score (nSPS) is 14.4. The lowest BCUT2D eigenvalue weighted by Crippen LogP contribution is -2.06. The molecule has 2 rings (SSSR count). The molecular formula is C16H24BrNO2. The van der Waals surface area contributed by atoms with Crippen molar-refractivity contribution in [2.75, 3.05) is 19.8 Å². The van der Waals surface area contributed by atoms with Gasteiger partial charge in [0.05, 0.1) is 13.2 Å². The quantitative estimate of drug-likeness (QED) is 0.822. The van der Waals surface area contributed by atoms with Crippen LogP contribution in [0.3, 0.4) is 0 Å².